The van der Waals surface area contributed by atoms with E-state index in [9.17, 15) is 13.2 Å². The molecule has 4 aromatic rings. The van der Waals surface area contributed by atoms with Gasteiger partial charge in [-0.15, -0.1) is 0 Å². The van der Waals surface area contributed by atoms with E-state index in [1.54, 1.807) is 47.3 Å². The molecule has 0 fully saturated rings. The molecule has 1 N–H and O–H groups in total. The molecule has 0 aliphatic rings. The van der Waals surface area contributed by atoms with Gasteiger partial charge in [0.05, 0.1) is 22.5 Å². The predicted octanol–water partition coefficient (Wildman–Crippen LogP) is 2.50. The van der Waals surface area contributed by atoms with E-state index in [1.807, 2.05) is 0 Å². The smallest absolute Gasteiger partial charge is 0.254 e. The first-order valence-electron chi connectivity index (χ1n) is 9.02. The SMILES string of the molecule is COc1cccc(S(=O)(=O)c2ccc(CNC(=O)c3cnc4nccn4c3)cc2)c1. The van der Waals surface area contributed by atoms with Crippen molar-refractivity contribution < 1.29 is 17.9 Å². The van der Waals surface area contributed by atoms with Crippen LogP contribution >= 0.6 is 0 Å². The van der Waals surface area contributed by atoms with Crippen molar-refractivity contribution in [2.45, 2.75) is 16.3 Å². The molecule has 0 saturated heterocycles. The Labute approximate surface area is 173 Å². The fourth-order valence-electron chi connectivity index (χ4n) is 2.91. The van der Waals surface area contributed by atoms with Crippen LogP contribution in [-0.4, -0.2) is 35.8 Å². The standard InChI is InChI=1S/C21H18N4O4S/c1-29-17-3-2-4-19(11-17)30(27,28)18-7-5-15(6-8-18)12-23-20(26)16-13-24-21-22-9-10-25(21)14-16/h2-11,13-14H,12H2,1H3,(H,23,26). The van der Waals surface area contributed by atoms with Crippen LogP contribution in [0.1, 0.15) is 15.9 Å². The highest BCUT2D eigenvalue weighted by atomic mass is 32.2. The van der Waals surface area contributed by atoms with Crippen molar-refractivity contribution in [3.63, 3.8) is 0 Å². The number of methoxy groups -OCH3 is 1. The maximum Gasteiger partial charge on any atom is 0.254 e. The first-order valence-corrected chi connectivity index (χ1v) is 10.5. The average Bonchev–Trinajstić information content (AvgIpc) is 3.25. The molecule has 0 atom stereocenters. The number of fused-ring (bicyclic) bond motifs is 1. The number of carbonyl (C=O) groups is 1. The number of nitrogens with one attached hydrogen (secondary N) is 1. The van der Waals surface area contributed by atoms with E-state index in [-0.39, 0.29) is 22.2 Å². The minimum atomic E-state index is -3.66. The summed E-state index contributed by atoms with van der Waals surface area (Å²) in [6.07, 6.45) is 6.42. The lowest BCUT2D eigenvalue weighted by Gasteiger charge is -2.09. The van der Waals surface area contributed by atoms with Crippen molar-refractivity contribution in [3.05, 3.63) is 84.4 Å². The Bertz CT molecular complexity index is 1310. The van der Waals surface area contributed by atoms with Gasteiger partial charge in [0.25, 0.3) is 5.91 Å². The van der Waals surface area contributed by atoms with Gasteiger partial charge in [-0.1, -0.05) is 18.2 Å². The van der Waals surface area contributed by atoms with Gasteiger partial charge >= 0.3 is 0 Å². The number of nitrogens with zero attached hydrogens (tertiary/aromatic N) is 3. The molecule has 9 heteroatoms. The van der Waals surface area contributed by atoms with Crippen LogP contribution in [0.2, 0.25) is 0 Å². The highest BCUT2D eigenvalue weighted by Gasteiger charge is 2.18. The second-order valence-electron chi connectivity index (χ2n) is 6.49. The number of amides is 1. The Hall–Kier alpha value is -3.72. The van der Waals surface area contributed by atoms with Crippen molar-refractivity contribution in [1.29, 1.82) is 0 Å². The second-order valence-corrected chi connectivity index (χ2v) is 8.44. The summed E-state index contributed by atoms with van der Waals surface area (Å²) in [5.41, 5.74) is 1.17. The first kappa shape index (κ1) is 19.6. The zero-order chi connectivity index (χ0) is 21.1. The fourth-order valence-corrected chi connectivity index (χ4v) is 4.20. The van der Waals surface area contributed by atoms with E-state index in [2.05, 4.69) is 15.3 Å². The van der Waals surface area contributed by atoms with E-state index < -0.39 is 9.84 Å². The zero-order valence-corrected chi connectivity index (χ0v) is 16.8. The molecule has 0 radical (unpaired) electrons. The Kier molecular flexibility index (Phi) is 5.20. The van der Waals surface area contributed by atoms with Crippen molar-refractivity contribution in [3.8, 4) is 5.75 Å². The number of hydrogen-bond donors (Lipinski definition) is 1. The number of rotatable bonds is 6. The molecule has 8 nitrogen and oxygen atoms in total. The molecule has 152 valence electrons. The van der Waals surface area contributed by atoms with Gasteiger partial charge in [-0.05, 0) is 35.9 Å². The van der Waals surface area contributed by atoms with Crippen LogP contribution in [0, 0.1) is 0 Å². The summed E-state index contributed by atoms with van der Waals surface area (Å²) in [7, 11) is -2.18. The number of hydrogen-bond acceptors (Lipinski definition) is 6. The summed E-state index contributed by atoms with van der Waals surface area (Å²) in [6.45, 7) is 0.250. The maximum absolute atomic E-state index is 12.8. The Balaban J connectivity index is 1.46. The number of carbonyl (C=O) groups excluding carboxylic acids is 1. The molecule has 0 bridgehead atoms. The number of benzene rings is 2. The number of sulfone groups is 1. The van der Waals surface area contributed by atoms with E-state index in [0.29, 0.717) is 17.1 Å². The second kappa shape index (κ2) is 7.96. The summed E-state index contributed by atoms with van der Waals surface area (Å²) in [6, 6.07) is 12.7. The molecule has 0 aliphatic carbocycles. The van der Waals surface area contributed by atoms with Gasteiger partial charge in [0.1, 0.15) is 5.75 Å². The van der Waals surface area contributed by atoms with Crippen LogP contribution < -0.4 is 10.1 Å². The summed E-state index contributed by atoms with van der Waals surface area (Å²) in [5.74, 6) is 0.698. The lowest BCUT2D eigenvalue weighted by Crippen LogP contribution is -2.23. The average molecular weight is 422 g/mol. The topological polar surface area (TPSA) is 103 Å². The summed E-state index contributed by atoms with van der Waals surface area (Å²) in [5, 5.41) is 2.80. The zero-order valence-electron chi connectivity index (χ0n) is 16.0. The molecule has 1 amide bonds. The fraction of sp³-hybridized carbons (Fsp3) is 0.0952. The molecule has 2 aromatic carbocycles. The van der Waals surface area contributed by atoms with Gasteiger partial charge in [0.15, 0.2) is 0 Å². The molecule has 0 saturated carbocycles. The number of aromatic nitrogens is 3. The lowest BCUT2D eigenvalue weighted by atomic mass is 10.2. The van der Waals surface area contributed by atoms with Crippen LogP contribution in [0.4, 0.5) is 0 Å². The molecule has 0 unspecified atom stereocenters. The van der Waals surface area contributed by atoms with Crippen molar-refractivity contribution in [2.75, 3.05) is 7.11 Å². The highest BCUT2D eigenvalue weighted by molar-refractivity contribution is 7.91. The Morgan fingerprint density at radius 3 is 2.67 bits per heavy atom. The van der Waals surface area contributed by atoms with E-state index >= 15 is 0 Å². The quantitative estimate of drug-likeness (QED) is 0.512. The van der Waals surface area contributed by atoms with Gasteiger partial charge in [-0.25, -0.2) is 18.4 Å². The first-order chi connectivity index (χ1) is 14.5. The minimum absolute atomic E-state index is 0.158. The minimum Gasteiger partial charge on any atom is -0.497 e. The Morgan fingerprint density at radius 1 is 1.10 bits per heavy atom. The molecular formula is C21H18N4O4S. The normalized spacial score (nSPS) is 11.4. The van der Waals surface area contributed by atoms with E-state index in [1.165, 1.54) is 37.6 Å². The van der Waals surface area contributed by atoms with Crippen LogP contribution in [0.5, 0.6) is 5.75 Å². The third-order valence-corrected chi connectivity index (χ3v) is 6.31. The molecular weight excluding hydrogens is 404 g/mol. The molecule has 2 aromatic heterocycles. The maximum atomic E-state index is 12.8. The third-order valence-electron chi connectivity index (χ3n) is 4.55. The molecule has 2 heterocycles. The molecule has 0 spiro atoms. The van der Waals surface area contributed by atoms with E-state index in [4.69, 9.17) is 4.74 Å². The largest absolute Gasteiger partial charge is 0.497 e. The van der Waals surface area contributed by atoms with Crippen molar-refractivity contribution in [2.24, 2.45) is 0 Å². The number of imidazole rings is 1. The van der Waals surface area contributed by atoms with Gasteiger partial charge in [0.2, 0.25) is 15.6 Å². The third kappa shape index (κ3) is 3.87. The Morgan fingerprint density at radius 2 is 1.90 bits per heavy atom. The van der Waals surface area contributed by atoms with Gasteiger partial charge < -0.3 is 10.1 Å². The highest BCUT2D eigenvalue weighted by Crippen LogP contribution is 2.24. The molecule has 4 rings (SSSR count). The van der Waals surface area contributed by atoms with Crippen LogP contribution in [0.15, 0.2) is 83.1 Å². The molecule has 0 aliphatic heterocycles. The van der Waals surface area contributed by atoms with Crippen LogP contribution in [0.25, 0.3) is 5.78 Å². The van der Waals surface area contributed by atoms with Crippen molar-refractivity contribution in [1.82, 2.24) is 19.7 Å². The van der Waals surface area contributed by atoms with Gasteiger partial charge in [-0.3, -0.25) is 9.20 Å². The summed E-state index contributed by atoms with van der Waals surface area (Å²) in [4.78, 5) is 20.8. The summed E-state index contributed by atoms with van der Waals surface area (Å²) >= 11 is 0. The van der Waals surface area contributed by atoms with Crippen LogP contribution in [0.3, 0.4) is 0 Å². The molecule has 30 heavy (non-hydrogen) atoms. The van der Waals surface area contributed by atoms with Gasteiger partial charge in [0, 0.05) is 31.3 Å². The van der Waals surface area contributed by atoms with Crippen LogP contribution in [-0.2, 0) is 16.4 Å². The van der Waals surface area contributed by atoms with E-state index in [0.717, 1.165) is 5.56 Å². The summed E-state index contributed by atoms with van der Waals surface area (Å²) < 4.78 is 32.4. The predicted molar refractivity (Wildman–Crippen MR) is 109 cm³/mol. The monoisotopic (exact) mass is 422 g/mol. The number of ether oxygens (including phenoxy) is 1. The lowest BCUT2D eigenvalue weighted by molar-refractivity contribution is 0.0950. The van der Waals surface area contributed by atoms with Crippen molar-refractivity contribution >= 4 is 21.5 Å². The van der Waals surface area contributed by atoms with Gasteiger partial charge in [-0.2, -0.15) is 0 Å².